The second-order valence-corrected chi connectivity index (χ2v) is 4.54. The van der Waals surface area contributed by atoms with Gasteiger partial charge in [-0.2, -0.15) is 0 Å². The van der Waals surface area contributed by atoms with Crippen molar-refractivity contribution in [1.29, 1.82) is 0 Å². The van der Waals surface area contributed by atoms with Crippen LogP contribution >= 0.6 is 0 Å². The second-order valence-electron chi connectivity index (χ2n) is 4.54. The van der Waals surface area contributed by atoms with E-state index in [1.807, 2.05) is 42.5 Å². The highest BCUT2D eigenvalue weighted by Gasteiger charge is 2.06. The maximum absolute atomic E-state index is 6.21. The van der Waals surface area contributed by atoms with Crippen LogP contribution in [0, 0.1) is 6.92 Å². The molecule has 3 N–H and O–H groups in total. The highest BCUT2D eigenvalue weighted by Crippen LogP contribution is 2.30. The number of nitrogens with one attached hydrogen (secondary N) is 1. The molecule has 0 aliphatic carbocycles. The molecular weight excluding hydrogens is 234 g/mol. The number of nitrogens with two attached hydrogens (primary N) is 1. The maximum atomic E-state index is 6.21. The summed E-state index contributed by atoms with van der Waals surface area (Å²) in [5.41, 5.74) is 11.0. The first-order valence-corrected chi connectivity index (χ1v) is 6.21. The number of pyridine rings is 1. The summed E-state index contributed by atoms with van der Waals surface area (Å²) in [6, 6.07) is 16.0. The predicted octanol–water partition coefficient (Wildman–Crippen LogP) is 3.87. The van der Waals surface area contributed by atoms with Crippen LogP contribution in [-0.2, 0) is 0 Å². The molecule has 3 rings (SSSR count). The monoisotopic (exact) mass is 249 g/mol. The van der Waals surface area contributed by atoms with E-state index in [-0.39, 0.29) is 0 Å². The maximum Gasteiger partial charge on any atom is 0.0724 e. The van der Waals surface area contributed by atoms with Gasteiger partial charge in [0.2, 0.25) is 0 Å². The van der Waals surface area contributed by atoms with Crippen LogP contribution in [0.4, 0.5) is 17.1 Å². The number of para-hydroxylation sites is 1. The third kappa shape index (κ3) is 2.10. The van der Waals surface area contributed by atoms with Crippen LogP contribution in [0.15, 0.2) is 54.7 Å². The van der Waals surface area contributed by atoms with Gasteiger partial charge >= 0.3 is 0 Å². The van der Waals surface area contributed by atoms with Gasteiger partial charge in [0, 0.05) is 17.3 Å². The molecule has 0 unspecified atom stereocenters. The molecule has 1 aromatic heterocycles. The lowest BCUT2D eigenvalue weighted by Gasteiger charge is -2.13. The Balaban J connectivity index is 2.07. The van der Waals surface area contributed by atoms with Crippen molar-refractivity contribution in [3.63, 3.8) is 0 Å². The molecule has 1 heterocycles. The Hall–Kier alpha value is -2.55. The lowest BCUT2D eigenvalue weighted by atomic mass is 10.1. The number of anilines is 3. The Bertz CT molecular complexity index is 735. The summed E-state index contributed by atoms with van der Waals surface area (Å²) in [6.07, 6.45) is 1.77. The van der Waals surface area contributed by atoms with E-state index in [4.69, 9.17) is 5.73 Å². The van der Waals surface area contributed by atoms with Crippen LogP contribution in [0.2, 0.25) is 0 Å². The molecule has 19 heavy (non-hydrogen) atoms. The van der Waals surface area contributed by atoms with Crippen molar-refractivity contribution in [3.05, 3.63) is 60.3 Å². The largest absolute Gasteiger partial charge is 0.396 e. The van der Waals surface area contributed by atoms with Crippen molar-refractivity contribution in [2.75, 3.05) is 11.1 Å². The van der Waals surface area contributed by atoms with Gasteiger partial charge in [0.05, 0.1) is 16.9 Å². The number of fused-ring (bicyclic) bond motifs is 1. The fourth-order valence-electron chi connectivity index (χ4n) is 2.14. The van der Waals surface area contributed by atoms with Crippen molar-refractivity contribution >= 4 is 28.0 Å². The standard InChI is InChI=1S/C16H15N3/c1-11-5-2-3-7-13(11)19-15-9-8-14-12(16(15)17)6-4-10-18-14/h2-10,19H,17H2,1H3. The van der Waals surface area contributed by atoms with Gasteiger partial charge in [0.15, 0.2) is 0 Å². The van der Waals surface area contributed by atoms with Gasteiger partial charge in [-0.15, -0.1) is 0 Å². The summed E-state index contributed by atoms with van der Waals surface area (Å²) in [6.45, 7) is 2.07. The molecule has 0 saturated carbocycles. The molecule has 2 aromatic carbocycles. The Labute approximate surface area is 112 Å². The first kappa shape index (κ1) is 11.5. The average Bonchev–Trinajstić information content (AvgIpc) is 2.44. The molecule has 0 saturated heterocycles. The molecule has 94 valence electrons. The Kier molecular flexibility index (Phi) is 2.80. The third-order valence-corrected chi connectivity index (χ3v) is 3.24. The van der Waals surface area contributed by atoms with Gasteiger partial charge in [-0.05, 0) is 42.8 Å². The van der Waals surface area contributed by atoms with Crippen LogP contribution in [0.3, 0.4) is 0 Å². The zero-order valence-corrected chi connectivity index (χ0v) is 10.7. The molecule has 0 radical (unpaired) electrons. The summed E-state index contributed by atoms with van der Waals surface area (Å²) in [7, 11) is 0. The second kappa shape index (κ2) is 4.61. The van der Waals surface area contributed by atoms with Crippen LogP contribution in [0.1, 0.15) is 5.56 Å². The van der Waals surface area contributed by atoms with Gasteiger partial charge in [-0.25, -0.2) is 0 Å². The number of aryl methyl sites for hydroxylation is 1. The first-order valence-electron chi connectivity index (χ1n) is 6.21. The minimum absolute atomic E-state index is 0.730. The van der Waals surface area contributed by atoms with Crippen molar-refractivity contribution in [1.82, 2.24) is 4.98 Å². The van der Waals surface area contributed by atoms with Crippen LogP contribution in [0.25, 0.3) is 10.9 Å². The molecule has 0 bridgehead atoms. The van der Waals surface area contributed by atoms with Crippen molar-refractivity contribution in [2.24, 2.45) is 0 Å². The zero-order valence-electron chi connectivity index (χ0n) is 10.7. The molecule has 3 aromatic rings. The SMILES string of the molecule is Cc1ccccc1Nc1ccc2ncccc2c1N. The fraction of sp³-hybridized carbons (Fsp3) is 0.0625. The predicted molar refractivity (Wildman–Crippen MR) is 80.6 cm³/mol. The van der Waals surface area contributed by atoms with E-state index in [1.54, 1.807) is 6.20 Å². The van der Waals surface area contributed by atoms with E-state index in [1.165, 1.54) is 5.56 Å². The number of benzene rings is 2. The molecule has 0 aliphatic rings. The van der Waals surface area contributed by atoms with Gasteiger partial charge in [-0.3, -0.25) is 4.98 Å². The third-order valence-electron chi connectivity index (χ3n) is 3.24. The smallest absolute Gasteiger partial charge is 0.0724 e. The zero-order chi connectivity index (χ0) is 13.2. The van der Waals surface area contributed by atoms with Gasteiger partial charge in [-0.1, -0.05) is 18.2 Å². The lowest BCUT2D eigenvalue weighted by molar-refractivity contribution is 1.40. The van der Waals surface area contributed by atoms with Crippen molar-refractivity contribution < 1.29 is 0 Å². The quantitative estimate of drug-likeness (QED) is 0.678. The summed E-state index contributed by atoms with van der Waals surface area (Å²) in [5.74, 6) is 0. The molecule has 3 nitrogen and oxygen atoms in total. The number of nitrogen functional groups attached to an aromatic ring is 1. The summed E-state index contributed by atoms with van der Waals surface area (Å²) in [4.78, 5) is 4.30. The number of nitrogens with zero attached hydrogens (tertiary/aromatic N) is 1. The Morgan fingerprint density at radius 1 is 0.947 bits per heavy atom. The first-order chi connectivity index (χ1) is 9.25. The Morgan fingerprint density at radius 2 is 1.79 bits per heavy atom. The minimum Gasteiger partial charge on any atom is -0.396 e. The van der Waals surface area contributed by atoms with Crippen LogP contribution in [0.5, 0.6) is 0 Å². The van der Waals surface area contributed by atoms with Crippen molar-refractivity contribution in [2.45, 2.75) is 6.92 Å². The van der Waals surface area contributed by atoms with Crippen LogP contribution in [-0.4, -0.2) is 4.98 Å². The summed E-state index contributed by atoms with van der Waals surface area (Å²) in [5, 5.41) is 4.35. The average molecular weight is 249 g/mol. The molecule has 0 amide bonds. The number of hydrogen-bond acceptors (Lipinski definition) is 3. The van der Waals surface area contributed by atoms with E-state index in [0.717, 1.165) is 28.0 Å². The lowest BCUT2D eigenvalue weighted by Crippen LogP contribution is -1.98. The number of aromatic nitrogens is 1. The fourth-order valence-corrected chi connectivity index (χ4v) is 2.14. The Morgan fingerprint density at radius 3 is 2.63 bits per heavy atom. The highest BCUT2D eigenvalue weighted by atomic mass is 14.9. The number of rotatable bonds is 2. The summed E-state index contributed by atoms with van der Waals surface area (Å²) < 4.78 is 0. The van der Waals surface area contributed by atoms with E-state index in [0.29, 0.717) is 0 Å². The molecular formula is C16H15N3. The molecule has 0 aliphatic heterocycles. The molecule has 0 atom stereocenters. The molecule has 0 fully saturated rings. The normalized spacial score (nSPS) is 10.6. The van der Waals surface area contributed by atoms with Crippen molar-refractivity contribution in [3.8, 4) is 0 Å². The van der Waals surface area contributed by atoms with E-state index in [2.05, 4.69) is 23.3 Å². The van der Waals surface area contributed by atoms with Gasteiger partial charge in [0.25, 0.3) is 0 Å². The minimum atomic E-state index is 0.730. The molecule has 3 heteroatoms. The summed E-state index contributed by atoms with van der Waals surface area (Å²) >= 11 is 0. The van der Waals surface area contributed by atoms with Crippen LogP contribution < -0.4 is 11.1 Å². The van der Waals surface area contributed by atoms with E-state index < -0.39 is 0 Å². The topological polar surface area (TPSA) is 50.9 Å². The van der Waals surface area contributed by atoms with E-state index >= 15 is 0 Å². The van der Waals surface area contributed by atoms with E-state index in [9.17, 15) is 0 Å². The van der Waals surface area contributed by atoms with Gasteiger partial charge in [0.1, 0.15) is 0 Å². The molecule has 0 spiro atoms. The van der Waals surface area contributed by atoms with Gasteiger partial charge < -0.3 is 11.1 Å². The highest BCUT2D eigenvalue weighted by molar-refractivity contribution is 5.97. The number of hydrogen-bond donors (Lipinski definition) is 2.